The Morgan fingerprint density at radius 1 is 1.07 bits per heavy atom. The van der Waals surface area contributed by atoms with Gasteiger partial charge in [0.2, 0.25) is 0 Å². The van der Waals surface area contributed by atoms with Crippen molar-refractivity contribution in [2.45, 2.75) is 33.2 Å². The van der Waals surface area contributed by atoms with Crippen molar-refractivity contribution in [3.05, 3.63) is 64.2 Å². The fourth-order valence-corrected chi connectivity index (χ4v) is 3.00. The molecule has 0 aliphatic heterocycles. The van der Waals surface area contributed by atoms with Crippen molar-refractivity contribution in [1.82, 2.24) is 5.32 Å². The second-order valence-electron chi connectivity index (χ2n) is 7.05. The molecule has 0 heterocycles. The van der Waals surface area contributed by atoms with E-state index in [2.05, 4.69) is 31.3 Å². The number of nitrogens with one attached hydrogen (secondary N) is 1. The minimum Gasteiger partial charge on any atom is -0.496 e. The topological polar surface area (TPSA) is 64.6 Å². The van der Waals surface area contributed by atoms with Crippen LogP contribution in [0.4, 0.5) is 0 Å². The summed E-state index contributed by atoms with van der Waals surface area (Å²) in [5.41, 5.74) is 2.43. The van der Waals surface area contributed by atoms with Crippen LogP contribution >= 0.6 is 11.6 Å². The molecule has 0 fully saturated rings. The molecule has 0 spiro atoms. The lowest BCUT2D eigenvalue weighted by atomic mass is 10.00. The quantitative estimate of drug-likeness (QED) is 0.655. The lowest BCUT2D eigenvalue weighted by molar-refractivity contribution is -0.124. The fraction of sp³-hybridized carbons (Fsp3) is 0.364. The molecule has 5 nitrogen and oxygen atoms in total. The van der Waals surface area contributed by atoms with Crippen LogP contribution in [0.15, 0.2) is 42.5 Å². The molecular formula is C22H26ClNO4. The summed E-state index contributed by atoms with van der Waals surface area (Å²) < 4.78 is 10.2. The molecule has 6 heteroatoms. The van der Waals surface area contributed by atoms with Gasteiger partial charge in [0.25, 0.3) is 5.91 Å². The third-order valence-corrected chi connectivity index (χ3v) is 4.45. The molecule has 0 unspecified atom stereocenters. The van der Waals surface area contributed by atoms with Crippen molar-refractivity contribution in [3.8, 4) is 5.75 Å². The van der Waals surface area contributed by atoms with E-state index in [0.717, 1.165) is 12.0 Å². The monoisotopic (exact) mass is 403 g/mol. The highest BCUT2D eigenvalue weighted by Gasteiger charge is 2.17. The summed E-state index contributed by atoms with van der Waals surface area (Å²) in [4.78, 5) is 24.4. The predicted octanol–water partition coefficient (Wildman–Crippen LogP) is 4.58. The number of carbonyl (C=O) groups excluding carboxylic acids is 2. The standard InChI is InChI=1S/C22H26ClNO4/c1-14(2)11-16-5-7-17(8-6-16)15(3)24-21(25)13-28-22(26)19-12-18(23)9-10-20(19)27-4/h5-10,12,14-15H,11,13H2,1-4H3,(H,24,25)/t15-/m1/s1. The summed E-state index contributed by atoms with van der Waals surface area (Å²) in [5.74, 6) is -0.117. The van der Waals surface area contributed by atoms with Crippen LogP contribution in [-0.4, -0.2) is 25.6 Å². The van der Waals surface area contributed by atoms with Gasteiger partial charge in [-0.25, -0.2) is 4.79 Å². The van der Waals surface area contributed by atoms with Gasteiger partial charge in [-0.2, -0.15) is 0 Å². The van der Waals surface area contributed by atoms with Crippen LogP contribution in [0.25, 0.3) is 0 Å². The van der Waals surface area contributed by atoms with E-state index in [-0.39, 0.29) is 24.1 Å². The number of carbonyl (C=O) groups is 2. The van der Waals surface area contributed by atoms with E-state index in [0.29, 0.717) is 16.7 Å². The molecule has 2 aromatic rings. The van der Waals surface area contributed by atoms with Gasteiger partial charge in [0, 0.05) is 5.02 Å². The number of benzene rings is 2. The van der Waals surface area contributed by atoms with E-state index in [1.54, 1.807) is 12.1 Å². The summed E-state index contributed by atoms with van der Waals surface area (Å²) in [5, 5.41) is 3.21. The van der Waals surface area contributed by atoms with E-state index in [1.807, 2.05) is 19.1 Å². The van der Waals surface area contributed by atoms with Crippen molar-refractivity contribution >= 4 is 23.5 Å². The average Bonchev–Trinajstić information content (AvgIpc) is 2.66. The van der Waals surface area contributed by atoms with E-state index < -0.39 is 5.97 Å². The van der Waals surface area contributed by atoms with Gasteiger partial charge in [0.05, 0.1) is 13.2 Å². The first-order valence-corrected chi connectivity index (χ1v) is 9.56. The van der Waals surface area contributed by atoms with E-state index in [4.69, 9.17) is 21.1 Å². The Bertz CT molecular complexity index is 818. The van der Waals surface area contributed by atoms with Gasteiger partial charge < -0.3 is 14.8 Å². The van der Waals surface area contributed by atoms with Gasteiger partial charge in [-0.05, 0) is 48.6 Å². The van der Waals surface area contributed by atoms with E-state index in [9.17, 15) is 9.59 Å². The number of amides is 1. The molecule has 0 saturated heterocycles. The van der Waals surface area contributed by atoms with Crippen LogP contribution in [0.2, 0.25) is 5.02 Å². The van der Waals surface area contributed by atoms with Crippen LogP contribution in [-0.2, 0) is 16.0 Å². The molecule has 1 atom stereocenters. The molecule has 1 amide bonds. The lowest BCUT2D eigenvalue weighted by Crippen LogP contribution is -2.31. The third-order valence-electron chi connectivity index (χ3n) is 4.22. The maximum absolute atomic E-state index is 12.2. The highest BCUT2D eigenvalue weighted by atomic mass is 35.5. The number of hydrogen-bond acceptors (Lipinski definition) is 4. The molecule has 0 aliphatic rings. The Morgan fingerprint density at radius 2 is 1.75 bits per heavy atom. The Balaban J connectivity index is 1.89. The molecule has 2 aromatic carbocycles. The van der Waals surface area contributed by atoms with Gasteiger partial charge in [0.1, 0.15) is 11.3 Å². The minimum atomic E-state index is -0.666. The zero-order chi connectivity index (χ0) is 20.7. The molecule has 0 saturated carbocycles. The molecule has 0 radical (unpaired) electrons. The van der Waals surface area contributed by atoms with Gasteiger partial charge in [-0.3, -0.25) is 4.79 Å². The predicted molar refractivity (Wildman–Crippen MR) is 110 cm³/mol. The van der Waals surface area contributed by atoms with Crippen LogP contribution in [0.1, 0.15) is 48.3 Å². The fourth-order valence-electron chi connectivity index (χ4n) is 2.83. The lowest BCUT2D eigenvalue weighted by Gasteiger charge is -2.15. The second-order valence-corrected chi connectivity index (χ2v) is 7.49. The molecule has 150 valence electrons. The summed E-state index contributed by atoms with van der Waals surface area (Å²) in [6.45, 7) is 5.86. The van der Waals surface area contributed by atoms with Gasteiger partial charge in [-0.1, -0.05) is 49.7 Å². The summed E-state index contributed by atoms with van der Waals surface area (Å²) in [6, 6.07) is 12.6. The average molecular weight is 404 g/mol. The SMILES string of the molecule is COc1ccc(Cl)cc1C(=O)OCC(=O)N[C@H](C)c1ccc(CC(C)C)cc1. The van der Waals surface area contributed by atoms with Crippen molar-refractivity contribution in [2.24, 2.45) is 5.92 Å². The number of ether oxygens (including phenoxy) is 2. The number of methoxy groups -OCH3 is 1. The van der Waals surface area contributed by atoms with Crippen molar-refractivity contribution in [2.75, 3.05) is 13.7 Å². The molecule has 0 bridgehead atoms. The maximum Gasteiger partial charge on any atom is 0.342 e. The maximum atomic E-state index is 12.2. The van der Waals surface area contributed by atoms with Crippen LogP contribution < -0.4 is 10.1 Å². The highest BCUT2D eigenvalue weighted by molar-refractivity contribution is 6.31. The summed E-state index contributed by atoms with van der Waals surface area (Å²) in [6.07, 6.45) is 1.02. The van der Waals surface area contributed by atoms with Crippen molar-refractivity contribution < 1.29 is 19.1 Å². The Hall–Kier alpha value is -2.53. The normalized spacial score (nSPS) is 11.8. The molecule has 28 heavy (non-hydrogen) atoms. The molecule has 0 aliphatic carbocycles. The van der Waals surface area contributed by atoms with Gasteiger partial charge in [0.15, 0.2) is 6.61 Å². The smallest absolute Gasteiger partial charge is 0.342 e. The zero-order valence-electron chi connectivity index (χ0n) is 16.6. The van der Waals surface area contributed by atoms with E-state index >= 15 is 0 Å². The zero-order valence-corrected chi connectivity index (χ0v) is 17.4. The Morgan fingerprint density at radius 3 is 2.36 bits per heavy atom. The summed E-state index contributed by atoms with van der Waals surface area (Å²) in [7, 11) is 1.45. The first-order chi connectivity index (χ1) is 13.3. The number of halogens is 1. The molecule has 1 N–H and O–H groups in total. The Labute approximate surface area is 171 Å². The molecular weight excluding hydrogens is 378 g/mol. The van der Waals surface area contributed by atoms with Crippen LogP contribution in [0, 0.1) is 5.92 Å². The first kappa shape index (κ1) is 21.8. The second kappa shape index (κ2) is 10.1. The van der Waals surface area contributed by atoms with Crippen molar-refractivity contribution in [1.29, 1.82) is 0 Å². The number of hydrogen-bond donors (Lipinski definition) is 1. The van der Waals surface area contributed by atoms with Crippen molar-refractivity contribution in [3.63, 3.8) is 0 Å². The van der Waals surface area contributed by atoms with Crippen LogP contribution in [0.5, 0.6) is 5.75 Å². The van der Waals surface area contributed by atoms with Gasteiger partial charge >= 0.3 is 5.97 Å². The van der Waals surface area contributed by atoms with Gasteiger partial charge in [-0.15, -0.1) is 0 Å². The highest BCUT2D eigenvalue weighted by Crippen LogP contribution is 2.23. The summed E-state index contributed by atoms with van der Waals surface area (Å²) >= 11 is 5.91. The number of esters is 1. The molecule has 2 rings (SSSR count). The van der Waals surface area contributed by atoms with Crippen LogP contribution in [0.3, 0.4) is 0 Å². The Kier molecular flexibility index (Phi) is 7.88. The molecule has 0 aromatic heterocycles. The van der Waals surface area contributed by atoms with E-state index in [1.165, 1.54) is 18.7 Å². The first-order valence-electron chi connectivity index (χ1n) is 9.19. The number of rotatable bonds is 8. The minimum absolute atomic E-state index is 0.177. The largest absolute Gasteiger partial charge is 0.496 e. The third kappa shape index (κ3) is 6.27.